The lowest BCUT2D eigenvalue weighted by atomic mass is 10.4. The summed E-state index contributed by atoms with van der Waals surface area (Å²) in [6, 6.07) is 3.97. The molecule has 0 unspecified atom stereocenters. The first kappa shape index (κ1) is 11.8. The van der Waals surface area contributed by atoms with Gasteiger partial charge >= 0.3 is 0 Å². The van der Waals surface area contributed by atoms with E-state index in [2.05, 4.69) is 0 Å². The van der Waals surface area contributed by atoms with E-state index in [1.807, 2.05) is 43.8 Å². The molecule has 0 saturated carbocycles. The summed E-state index contributed by atoms with van der Waals surface area (Å²) in [5.41, 5.74) is 1.14. The van der Waals surface area contributed by atoms with E-state index < -0.39 is 0 Å². The van der Waals surface area contributed by atoms with Crippen molar-refractivity contribution in [3.63, 3.8) is 0 Å². The van der Waals surface area contributed by atoms with E-state index in [0.717, 1.165) is 12.1 Å². The Balaban J connectivity index is 0.000000671. The Morgan fingerprint density at radius 1 is 1.54 bits per heavy atom. The molecule has 1 amide bonds. The Labute approximate surface area is 80.0 Å². The maximum atomic E-state index is 10.3. The van der Waals surface area contributed by atoms with Crippen LogP contribution in [0.1, 0.15) is 19.5 Å². The molecular formula is C10H18N2O. The molecule has 1 rings (SSSR count). The van der Waals surface area contributed by atoms with Gasteiger partial charge in [-0.3, -0.25) is 4.79 Å². The van der Waals surface area contributed by atoms with Crippen molar-refractivity contribution in [2.75, 3.05) is 7.05 Å². The zero-order valence-electron chi connectivity index (χ0n) is 8.82. The summed E-state index contributed by atoms with van der Waals surface area (Å²) in [7, 11) is 3.73. The van der Waals surface area contributed by atoms with Crippen LogP contribution in [-0.2, 0) is 18.4 Å². The summed E-state index contributed by atoms with van der Waals surface area (Å²) >= 11 is 0. The summed E-state index contributed by atoms with van der Waals surface area (Å²) in [5, 5.41) is 0. The predicted octanol–water partition coefficient (Wildman–Crippen LogP) is 1.64. The first-order valence-electron chi connectivity index (χ1n) is 4.50. The smallest absolute Gasteiger partial charge is 0.209 e. The number of carbonyl (C=O) groups excluding carboxylic acids is 1. The molecule has 3 nitrogen and oxygen atoms in total. The largest absolute Gasteiger partial charge is 0.353 e. The summed E-state index contributed by atoms with van der Waals surface area (Å²) in [5.74, 6) is 0. The van der Waals surface area contributed by atoms with Gasteiger partial charge in [0.25, 0.3) is 0 Å². The molecule has 0 aliphatic carbocycles. The zero-order chi connectivity index (χ0) is 10.3. The molecule has 0 fully saturated rings. The average molecular weight is 182 g/mol. The van der Waals surface area contributed by atoms with E-state index in [-0.39, 0.29) is 0 Å². The van der Waals surface area contributed by atoms with Gasteiger partial charge < -0.3 is 9.47 Å². The van der Waals surface area contributed by atoms with Crippen LogP contribution < -0.4 is 0 Å². The fourth-order valence-electron chi connectivity index (χ4n) is 0.954. The second kappa shape index (κ2) is 6.29. The normalized spacial score (nSPS) is 8.62. The maximum absolute atomic E-state index is 10.3. The molecule has 1 aromatic rings. The summed E-state index contributed by atoms with van der Waals surface area (Å²) in [4.78, 5) is 11.9. The second-order valence-electron chi connectivity index (χ2n) is 2.63. The van der Waals surface area contributed by atoms with Gasteiger partial charge in [0.2, 0.25) is 6.41 Å². The Hall–Kier alpha value is -1.25. The summed E-state index contributed by atoms with van der Waals surface area (Å²) < 4.78 is 2.00. The zero-order valence-corrected chi connectivity index (χ0v) is 8.82. The van der Waals surface area contributed by atoms with Gasteiger partial charge in [-0.1, -0.05) is 13.8 Å². The van der Waals surface area contributed by atoms with E-state index >= 15 is 0 Å². The second-order valence-corrected chi connectivity index (χ2v) is 2.63. The molecule has 0 atom stereocenters. The van der Waals surface area contributed by atoms with Crippen LogP contribution in [0.4, 0.5) is 0 Å². The number of rotatable bonds is 3. The van der Waals surface area contributed by atoms with Crippen molar-refractivity contribution in [3.05, 3.63) is 24.0 Å². The molecule has 0 aliphatic heterocycles. The number of hydrogen-bond acceptors (Lipinski definition) is 1. The Kier molecular flexibility index (Phi) is 5.68. The average Bonchev–Trinajstić information content (AvgIpc) is 2.55. The monoisotopic (exact) mass is 182 g/mol. The summed E-state index contributed by atoms with van der Waals surface area (Å²) in [6.07, 6.45) is 2.79. The fraction of sp³-hybridized carbons (Fsp3) is 0.500. The minimum absolute atomic E-state index is 0.674. The Bertz CT molecular complexity index is 243. The molecule has 0 radical (unpaired) electrons. The number of aryl methyl sites for hydroxylation is 1. The predicted molar refractivity (Wildman–Crippen MR) is 54.3 cm³/mol. The highest BCUT2D eigenvalue weighted by atomic mass is 16.1. The molecule has 3 heteroatoms. The van der Waals surface area contributed by atoms with Gasteiger partial charge in [0.15, 0.2) is 0 Å². The van der Waals surface area contributed by atoms with Crippen molar-refractivity contribution in [2.45, 2.75) is 20.4 Å². The fourth-order valence-corrected chi connectivity index (χ4v) is 0.954. The molecule has 0 N–H and O–H groups in total. The van der Waals surface area contributed by atoms with Crippen molar-refractivity contribution in [3.8, 4) is 0 Å². The lowest BCUT2D eigenvalue weighted by molar-refractivity contribution is -0.117. The number of nitrogens with zero attached hydrogens (tertiary/aromatic N) is 2. The molecule has 1 heterocycles. The number of aromatic nitrogens is 1. The first-order valence-corrected chi connectivity index (χ1v) is 4.50. The number of hydrogen-bond donors (Lipinski definition) is 0. The first-order chi connectivity index (χ1) is 6.24. The van der Waals surface area contributed by atoms with Crippen LogP contribution in [-0.4, -0.2) is 22.9 Å². The van der Waals surface area contributed by atoms with Gasteiger partial charge in [0.1, 0.15) is 0 Å². The van der Waals surface area contributed by atoms with E-state index in [1.54, 1.807) is 11.9 Å². The molecular weight excluding hydrogens is 164 g/mol. The third-order valence-electron chi connectivity index (χ3n) is 1.64. The number of carbonyl (C=O) groups is 1. The van der Waals surface area contributed by atoms with Crippen LogP contribution in [0, 0.1) is 0 Å². The van der Waals surface area contributed by atoms with Gasteiger partial charge in [0, 0.05) is 26.0 Å². The number of amides is 1. The van der Waals surface area contributed by atoms with E-state index in [9.17, 15) is 4.79 Å². The van der Waals surface area contributed by atoms with Crippen LogP contribution in [0.5, 0.6) is 0 Å². The van der Waals surface area contributed by atoms with Gasteiger partial charge in [-0.25, -0.2) is 0 Å². The molecule has 0 aliphatic rings. The minimum atomic E-state index is 0.674. The third kappa shape index (κ3) is 3.78. The van der Waals surface area contributed by atoms with Crippen molar-refractivity contribution in [2.24, 2.45) is 7.05 Å². The molecule has 1 aromatic heterocycles. The molecule has 13 heavy (non-hydrogen) atoms. The minimum Gasteiger partial charge on any atom is -0.353 e. The molecule has 0 aromatic carbocycles. The quantitative estimate of drug-likeness (QED) is 0.652. The molecule has 0 spiro atoms. The highest BCUT2D eigenvalue weighted by molar-refractivity contribution is 5.46. The van der Waals surface area contributed by atoms with E-state index in [4.69, 9.17) is 0 Å². The SMILES string of the molecule is CC.CN(C=O)Cc1cccn1C. The Morgan fingerprint density at radius 3 is 2.54 bits per heavy atom. The lowest BCUT2D eigenvalue weighted by Gasteiger charge is -2.10. The van der Waals surface area contributed by atoms with E-state index in [1.165, 1.54) is 0 Å². The van der Waals surface area contributed by atoms with Crippen LogP contribution in [0.25, 0.3) is 0 Å². The van der Waals surface area contributed by atoms with Crippen molar-refractivity contribution < 1.29 is 4.79 Å². The standard InChI is InChI=1S/C8H12N2O.C2H6/c1-9(7-11)6-8-4-3-5-10(8)2;1-2/h3-5,7H,6H2,1-2H3;1-2H3. The van der Waals surface area contributed by atoms with Crippen LogP contribution in [0.15, 0.2) is 18.3 Å². The van der Waals surface area contributed by atoms with Crippen molar-refractivity contribution >= 4 is 6.41 Å². The molecule has 74 valence electrons. The Morgan fingerprint density at radius 2 is 2.15 bits per heavy atom. The van der Waals surface area contributed by atoms with Gasteiger partial charge in [0.05, 0.1) is 6.54 Å². The highest BCUT2D eigenvalue weighted by Crippen LogP contribution is 2.01. The topological polar surface area (TPSA) is 25.2 Å². The third-order valence-corrected chi connectivity index (χ3v) is 1.64. The lowest BCUT2D eigenvalue weighted by Crippen LogP contribution is -2.16. The van der Waals surface area contributed by atoms with Gasteiger partial charge in [-0.2, -0.15) is 0 Å². The van der Waals surface area contributed by atoms with Gasteiger partial charge in [-0.15, -0.1) is 0 Å². The van der Waals surface area contributed by atoms with E-state index in [0.29, 0.717) is 6.54 Å². The van der Waals surface area contributed by atoms with Gasteiger partial charge in [-0.05, 0) is 12.1 Å². The highest BCUT2D eigenvalue weighted by Gasteiger charge is 1.98. The van der Waals surface area contributed by atoms with Crippen LogP contribution >= 0.6 is 0 Å². The van der Waals surface area contributed by atoms with Crippen molar-refractivity contribution in [1.29, 1.82) is 0 Å². The molecule has 0 bridgehead atoms. The summed E-state index contributed by atoms with van der Waals surface area (Å²) in [6.45, 7) is 4.67. The van der Waals surface area contributed by atoms with Crippen LogP contribution in [0.2, 0.25) is 0 Å². The van der Waals surface area contributed by atoms with Crippen molar-refractivity contribution in [1.82, 2.24) is 9.47 Å². The molecule has 0 saturated heterocycles. The maximum Gasteiger partial charge on any atom is 0.209 e. The van der Waals surface area contributed by atoms with Crippen LogP contribution in [0.3, 0.4) is 0 Å².